The highest BCUT2D eigenvalue weighted by atomic mass is 127. The maximum atomic E-state index is 12.9. The Morgan fingerprint density at radius 3 is 2.60 bits per heavy atom. The van der Waals surface area contributed by atoms with Crippen LogP contribution in [0.1, 0.15) is 11.5 Å². The maximum absolute atomic E-state index is 12.9. The highest BCUT2D eigenvalue weighted by Crippen LogP contribution is 2.16. The first-order chi connectivity index (χ1) is 7.09. The topological polar surface area (TPSA) is 43.6 Å². The molecule has 0 atom stereocenters. The molecule has 0 radical (unpaired) electrons. The van der Waals surface area contributed by atoms with Crippen LogP contribution >= 0.6 is 22.6 Å². The summed E-state index contributed by atoms with van der Waals surface area (Å²) in [4.78, 5) is 11.4. The largest absolute Gasteiger partial charge is 0.310 e. The molecule has 0 bridgehead atoms. The minimum absolute atomic E-state index is 0.507. The predicted octanol–water partition coefficient (Wildman–Crippen LogP) is 2.02. The van der Waals surface area contributed by atoms with Crippen molar-refractivity contribution in [3.63, 3.8) is 0 Å². The van der Waals surface area contributed by atoms with Gasteiger partial charge in [-0.15, -0.1) is 0 Å². The second kappa shape index (κ2) is 3.84. The van der Waals surface area contributed by atoms with Crippen LogP contribution in [-0.4, -0.2) is 19.5 Å². The van der Waals surface area contributed by atoms with Crippen LogP contribution in [0.5, 0.6) is 0 Å². The first-order valence-electron chi connectivity index (χ1n) is 4.30. The Labute approximate surface area is 99.7 Å². The van der Waals surface area contributed by atoms with Crippen LogP contribution in [0.3, 0.4) is 0 Å². The SMILES string of the molecule is Cc1nc(I)c(C)n1-c1ccnc(F)n1. The number of nitrogens with zero attached hydrogens (tertiary/aromatic N) is 4. The van der Waals surface area contributed by atoms with Gasteiger partial charge in [0.05, 0.1) is 5.69 Å². The fraction of sp³-hybridized carbons (Fsp3) is 0.222. The van der Waals surface area contributed by atoms with E-state index in [1.807, 2.05) is 13.8 Å². The molecular weight excluding hydrogens is 310 g/mol. The van der Waals surface area contributed by atoms with Gasteiger partial charge in [-0.3, -0.25) is 4.57 Å². The standard InChI is InChI=1S/C9H8FIN4/c1-5-8(11)13-6(2)15(5)7-3-4-12-9(10)14-7/h3-4H,1-2H3. The molecule has 2 heterocycles. The molecule has 0 saturated carbocycles. The van der Waals surface area contributed by atoms with Crippen molar-refractivity contribution in [2.24, 2.45) is 0 Å². The molecule has 2 rings (SSSR count). The summed E-state index contributed by atoms with van der Waals surface area (Å²) in [7, 11) is 0. The Bertz CT molecular complexity index is 509. The van der Waals surface area contributed by atoms with Crippen molar-refractivity contribution in [1.29, 1.82) is 0 Å². The van der Waals surface area contributed by atoms with Gasteiger partial charge < -0.3 is 0 Å². The summed E-state index contributed by atoms with van der Waals surface area (Å²) in [5, 5.41) is 0. The molecule has 0 fully saturated rings. The van der Waals surface area contributed by atoms with Gasteiger partial charge in [-0.25, -0.2) is 9.97 Å². The molecule has 0 amide bonds. The van der Waals surface area contributed by atoms with Crippen molar-refractivity contribution in [1.82, 2.24) is 19.5 Å². The van der Waals surface area contributed by atoms with E-state index in [9.17, 15) is 4.39 Å². The van der Waals surface area contributed by atoms with E-state index in [2.05, 4.69) is 37.5 Å². The third-order valence-electron chi connectivity index (χ3n) is 2.06. The summed E-state index contributed by atoms with van der Waals surface area (Å²) in [5.74, 6) is 1.29. The molecule has 0 aliphatic carbocycles. The molecule has 0 spiro atoms. The highest BCUT2D eigenvalue weighted by Gasteiger charge is 2.11. The average Bonchev–Trinajstić information content (AvgIpc) is 2.41. The molecule has 6 heteroatoms. The zero-order valence-corrected chi connectivity index (χ0v) is 10.4. The quantitative estimate of drug-likeness (QED) is 0.597. The second-order valence-electron chi connectivity index (χ2n) is 3.05. The molecule has 2 aromatic heterocycles. The third-order valence-corrected chi connectivity index (χ3v) is 3.08. The van der Waals surface area contributed by atoms with Gasteiger partial charge >= 0.3 is 6.08 Å². The van der Waals surface area contributed by atoms with E-state index in [0.717, 1.165) is 15.2 Å². The van der Waals surface area contributed by atoms with E-state index in [-0.39, 0.29) is 0 Å². The summed E-state index contributed by atoms with van der Waals surface area (Å²) in [6.07, 6.45) is 0.665. The fourth-order valence-corrected chi connectivity index (χ4v) is 1.99. The number of halogens is 2. The van der Waals surface area contributed by atoms with Gasteiger partial charge in [0, 0.05) is 12.3 Å². The summed E-state index contributed by atoms with van der Waals surface area (Å²) in [6.45, 7) is 3.77. The van der Waals surface area contributed by atoms with Crippen LogP contribution in [0.4, 0.5) is 4.39 Å². The second-order valence-corrected chi connectivity index (χ2v) is 4.08. The van der Waals surface area contributed by atoms with Gasteiger partial charge in [-0.2, -0.15) is 9.37 Å². The molecule has 0 unspecified atom stereocenters. The first kappa shape index (κ1) is 10.5. The van der Waals surface area contributed by atoms with Gasteiger partial charge in [0.15, 0.2) is 0 Å². The van der Waals surface area contributed by atoms with Gasteiger partial charge in [-0.1, -0.05) is 0 Å². The van der Waals surface area contributed by atoms with E-state index in [1.165, 1.54) is 6.20 Å². The monoisotopic (exact) mass is 318 g/mol. The van der Waals surface area contributed by atoms with Crippen molar-refractivity contribution in [3.8, 4) is 5.82 Å². The highest BCUT2D eigenvalue weighted by molar-refractivity contribution is 14.1. The number of aryl methyl sites for hydroxylation is 1. The molecule has 78 valence electrons. The summed E-state index contributed by atoms with van der Waals surface area (Å²) < 4.78 is 15.6. The van der Waals surface area contributed by atoms with E-state index in [1.54, 1.807) is 10.6 Å². The van der Waals surface area contributed by atoms with Crippen molar-refractivity contribution < 1.29 is 4.39 Å². The maximum Gasteiger partial charge on any atom is 0.310 e. The Balaban J connectivity index is 2.63. The van der Waals surface area contributed by atoms with Crippen LogP contribution in [0.2, 0.25) is 0 Å². The lowest BCUT2D eigenvalue weighted by atomic mass is 10.5. The van der Waals surface area contributed by atoms with Crippen LogP contribution in [0, 0.1) is 23.6 Å². The first-order valence-corrected chi connectivity index (χ1v) is 5.38. The Morgan fingerprint density at radius 2 is 2.07 bits per heavy atom. The van der Waals surface area contributed by atoms with Gasteiger partial charge in [0.25, 0.3) is 0 Å². The molecule has 0 saturated heterocycles. The van der Waals surface area contributed by atoms with Crippen LogP contribution < -0.4 is 0 Å². The molecule has 0 N–H and O–H groups in total. The number of hydrogen-bond donors (Lipinski definition) is 0. The summed E-state index contributed by atoms with van der Waals surface area (Å²) in [5.41, 5.74) is 0.950. The Hall–Kier alpha value is -1.05. The number of imidazole rings is 1. The molecule has 4 nitrogen and oxygen atoms in total. The molecule has 0 aliphatic heterocycles. The average molecular weight is 318 g/mol. The fourth-order valence-electron chi connectivity index (χ4n) is 1.40. The normalized spacial score (nSPS) is 10.7. The van der Waals surface area contributed by atoms with Crippen molar-refractivity contribution in [3.05, 3.63) is 33.6 Å². The van der Waals surface area contributed by atoms with Gasteiger partial charge in [0.2, 0.25) is 0 Å². The summed E-state index contributed by atoms with van der Waals surface area (Å²) in [6, 6.07) is 1.65. The lowest BCUT2D eigenvalue weighted by molar-refractivity contribution is 0.534. The van der Waals surface area contributed by atoms with Crippen molar-refractivity contribution in [2.45, 2.75) is 13.8 Å². The minimum atomic E-state index is -0.727. The van der Waals surface area contributed by atoms with Crippen molar-refractivity contribution >= 4 is 22.6 Å². The minimum Gasteiger partial charge on any atom is -0.284 e. The van der Waals surface area contributed by atoms with E-state index >= 15 is 0 Å². The Morgan fingerprint density at radius 1 is 1.33 bits per heavy atom. The zero-order chi connectivity index (χ0) is 11.0. The zero-order valence-electron chi connectivity index (χ0n) is 8.20. The molecule has 15 heavy (non-hydrogen) atoms. The predicted molar refractivity (Wildman–Crippen MR) is 61.3 cm³/mol. The lowest BCUT2D eigenvalue weighted by Gasteiger charge is -2.05. The molecule has 0 aliphatic rings. The third kappa shape index (κ3) is 1.85. The van der Waals surface area contributed by atoms with E-state index < -0.39 is 6.08 Å². The molecule has 0 aromatic carbocycles. The number of aromatic nitrogens is 4. The van der Waals surface area contributed by atoms with Crippen LogP contribution in [-0.2, 0) is 0 Å². The van der Waals surface area contributed by atoms with Gasteiger partial charge in [-0.05, 0) is 36.4 Å². The van der Waals surface area contributed by atoms with E-state index in [4.69, 9.17) is 0 Å². The van der Waals surface area contributed by atoms with Crippen molar-refractivity contribution in [2.75, 3.05) is 0 Å². The van der Waals surface area contributed by atoms with Crippen LogP contribution in [0.25, 0.3) is 5.82 Å². The van der Waals surface area contributed by atoms with Crippen LogP contribution in [0.15, 0.2) is 12.3 Å². The number of hydrogen-bond acceptors (Lipinski definition) is 3. The smallest absolute Gasteiger partial charge is 0.284 e. The number of rotatable bonds is 1. The molecule has 2 aromatic rings. The van der Waals surface area contributed by atoms with E-state index in [0.29, 0.717) is 5.82 Å². The molecular formula is C9H8FIN4. The lowest BCUT2D eigenvalue weighted by Crippen LogP contribution is -2.04. The summed E-state index contributed by atoms with van der Waals surface area (Å²) >= 11 is 2.14. The van der Waals surface area contributed by atoms with Gasteiger partial charge in [0.1, 0.15) is 15.3 Å². The Kier molecular flexibility index (Phi) is 2.68.